The Kier molecular flexibility index (Phi) is 7.44. The maximum absolute atomic E-state index is 13.5. The molecule has 0 radical (unpaired) electrons. The van der Waals surface area contributed by atoms with E-state index in [4.69, 9.17) is 9.84 Å². The molecule has 0 heterocycles. The van der Waals surface area contributed by atoms with Gasteiger partial charge in [-0.25, -0.2) is 4.79 Å². The maximum atomic E-state index is 13.5. The van der Waals surface area contributed by atoms with Crippen LogP contribution < -0.4 is 10.1 Å². The monoisotopic (exact) mass is 371 g/mol. The molecule has 0 aromatic heterocycles. The molecule has 0 spiro atoms. The molecule has 0 aliphatic rings. The van der Waals surface area contributed by atoms with Gasteiger partial charge in [0.25, 0.3) is 5.91 Å². The van der Waals surface area contributed by atoms with Crippen molar-refractivity contribution in [1.82, 2.24) is 10.2 Å². The quantitative estimate of drug-likeness (QED) is 0.477. The zero-order valence-electron chi connectivity index (χ0n) is 14.1. The molecule has 0 fully saturated rings. The van der Waals surface area contributed by atoms with E-state index in [9.17, 15) is 28.9 Å². The number of nitro benzene ring substituents is 1. The Morgan fingerprint density at radius 1 is 1.42 bits per heavy atom. The normalized spacial score (nSPS) is 11.3. The highest BCUT2D eigenvalue weighted by atomic mass is 19.1. The van der Waals surface area contributed by atoms with Gasteiger partial charge in [0, 0.05) is 32.1 Å². The number of nitrogens with zero attached hydrogens (tertiary/aromatic N) is 2. The Bertz CT molecular complexity index is 710. The molecule has 1 atom stereocenters. The molecular formula is C15H18FN3O7. The van der Waals surface area contributed by atoms with Crippen molar-refractivity contribution in [3.05, 3.63) is 34.1 Å². The van der Waals surface area contributed by atoms with Crippen LogP contribution in [0, 0.1) is 15.9 Å². The average Bonchev–Trinajstić information content (AvgIpc) is 2.55. The minimum absolute atomic E-state index is 0.0465. The van der Waals surface area contributed by atoms with Gasteiger partial charge in [0.15, 0.2) is 6.61 Å². The summed E-state index contributed by atoms with van der Waals surface area (Å²) in [4.78, 5) is 44.9. The summed E-state index contributed by atoms with van der Waals surface area (Å²) in [7, 11) is 0. The first-order valence-electron chi connectivity index (χ1n) is 7.47. The van der Waals surface area contributed by atoms with E-state index in [0.717, 1.165) is 23.1 Å². The fourth-order valence-electron chi connectivity index (χ4n) is 1.97. The van der Waals surface area contributed by atoms with Crippen molar-refractivity contribution in [3.8, 4) is 5.75 Å². The molecule has 142 valence electrons. The van der Waals surface area contributed by atoms with E-state index in [-0.39, 0.29) is 24.7 Å². The van der Waals surface area contributed by atoms with E-state index in [1.54, 1.807) is 0 Å². The Morgan fingerprint density at radius 3 is 2.58 bits per heavy atom. The lowest BCUT2D eigenvalue weighted by Gasteiger charge is -2.26. The summed E-state index contributed by atoms with van der Waals surface area (Å²) < 4.78 is 18.6. The number of hydrogen-bond acceptors (Lipinski definition) is 6. The van der Waals surface area contributed by atoms with Crippen molar-refractivity contribution in [2.24, 2.45) is 0 Å². The number of aliphatic carboxylic acids is 1. The lowest BCUT2D eigenvalue weighted by Crippen LogP contribution is -2.48. The number of carboxylic acids is 1. The molecule has 0 bridgehead atoms. The molecule has 0 saturated carbocycles. The van der Waals surface area contributed by atoms with Gasteiger partial charge < -0.3 is 20.1 Å². The van der Waals surface area contributed by atoms with Gasteiger partial charge >= 0.3 is 11.7 Å². The Labute approximate surface area is 147 Å². The molecule has 0 saturated heterocycles. The van der Waals surface area contributed by atoms with Gasteiger partial charge in [0.1, 0.15) is 11.8 Å². The average molecular weight is 371 g/mol. The van der Waals surface area contributed by atoms with Crippen molar-refractivity contribution in [3.63, 3.8) is 0 Å². The van der Waals surface area contributed by atoms with Gasteiger partial charge in [-0.2, -0.15) is 4.39 Å². The number of nitrogens with one attached hydrogen (secondary N) is 1. The molecule has 11 heteroatoms. The number of carbonyl (C=O) groups is 3. The van der Waals surface area contributed by atoms with E-state index < -0.39 is 41.0 Å². The van der Waals surface area contributed by atoms with E-state index in [0.29, 0.717) is 0 Å². The molecule has 26 heavy (non-hydrogen) atoms. The molecule has 1 unspecified atom stereocenters. The SMILES string of the molecule is CC(=O)NCCN(C(=O)COc1ccc([N+](=O)[O-])c(F)c1)C(C)C(=O)O. The number of benzene rings is 1. The van der Waals surface area contributed by atoms with Crippen molar-refractivity contribution in [2.75, 3.05) is 19.7 Å². The first-order chi connectivity index (χ1) is 12.1. The van der Waals surface area contributed by atoms with Crippen LogP contribution in [0.4, 0.5) is 10.1 Å². The molecule has 0 aliphatic heterocycles. The summed E-state index contributed by atoms with van der Waals surface area (Å²) in [5, 5.41) is 22.1. The third kappa shape index (κ3) is 6.00. The second-order valence-electron chi connectivity index (χ2n) is 5.24. The Balaban J connectivity index is 2.76. The Morgan fingerprint density at radius 2 is 2.08 bits per heavy atom. The van der Waals surface area contributed by atoms with Gasteiger partial charge in [-0.05, 0) is 13.0 Å². The predicted molar refractivity (Wildman–Crippen MR) is 86.0 cm³/mol. The summed E-state index contributed by atoms with van der Waals surface area (Å²) in [6, 6.07) is 1.60. The van der Waals surface area contributed by atoms with Crippen LogP contribution in [0.3, 0.4) is 0 Å². The van der Waals surface area contributed by atoms with Crippen molar-refractivity contribution >= 4 is 23.5 Å². The highest BCUT2D eigenvalue weighted by Crippen LogP contribution is 2.22. The second kappa shape index (κ2) is 9.30. The number of amides is 2. The standard InChI is InChI=1S/C15H18FN3O7/c1-9(15(22)23)18(6-5-17-10(2)20)14(21)8-26-11-3-4-13(19(24)25)12(16)7-11/h3-4,7,9H,5-6,8H2,1-2H3,(H,17,20)(H,22,23). The lowest BCUT2D eigenvalue weighted by molar-refractivity contribution is -0.387. The highest BCUT2D eigenvalue weighted by molar-refractivity contribution is 5.84. The van der Waals surface area contributed by atoms with Crippen LogP contribution in [0.25, 0.3) is 0 Å². The van der Waals surface area contributed by atoms with Crippen molar-refractivity contribution < 1.29 is 33.5 Å². The van der Waals surface area contributed by atoms with Crippen LogP contribution in [0.2, 0.25) is 0 Å². The van der Waals surface area contributed by atoms with Crippen molar-refractivity contribution in [1.29, 1.82) is 0 Å². The lowest BCUT2D eigenvalue weighted by atomic mass is 10.2. The van der Waals surface area contributed by atoms with Gasteiger partial charge in [0.2, 0.25) is 11.7 Å². The zero-order chi connectivity index (χ0) is 19.9. The van der Waals surface area contributed by atoms with Crippen LogP contribution in [0.15, 0.2) is 18.2 Å². The number of nitro groups is 1. The first-order valence-corrected chi connectivity index (χ1v) is 7.47. The molecular weight excluding hydrogens is 353 g/mol. The highest BCUT2D eigenvalue weighted by Gasteiger charge is 2.25. The smallest absolute Gasteiger partial charge is 0.326 e. The van der Waals surface area contributed by atoms with Gasteiger partial charge in [-0.15, -0.1) is 0 Å². The van der Waals surface area contributed by atoms with Crippen LogP contribution >= 0.6 is 0 Å². The van der Waals surface area contributed by atoms with Crippen LogP contribution in [0.1, 0.15) is 13.8 Å². The Hall–Kier alpha value is -3.24. The fourth-order valence-corrected chi connectivity index (χ4v) is 1.97. The third-order valence-electron chi connectivity index (χ3n) is 3.35. The van der Waals surface area contributed by atoms with Crippen molar-refractivity contribution in [2.45, 2.75) is 19.9 Å². The molecule has 2 amide bonds. The predicted octanol–water partition coefficient (Wildman–Crippen LogP) is 0.550. The second-order valence-corrected chi connectivity index (χ2v) is 5.24. The molecule has 2 N–H and O–H groups in total. The van der Waals surface area contributed by atoms with Gasteiger partial charge in [0.05, 0.1) is 4.92 Å². The molecule has 0 aliphatic carbocycles. The number of hydrogen-bond donors (Lipinski definition) is 2. The molecule has 1 rings (SSSR count). The van der Waals surface area contributed by atoms with E-state index in [1.807, 2.05) is 0 Å². The summed E-state index contributed by atoms with van der Waals surface area (Å²) >= 11 is 0. The minimum Gasteiger partial charge on any atom is -0.484 e. The van der Waals surface area contributed by atoms with Gasteiger partial charge in [-0.3, -0.25) is 19.7 Å². The maximum Gasteiger partial charge on any atom is 0.326 e. The van der Waals surface area contributed by atoms with Crippen LogP contribution in [-0.2, 0) is 14.4 Å². The third-order valence-corrected chi connectivity index (χ3v) is 3.35. The number of ether oxygens (including phenoxy) is 1. The number of carboxylic acid groups (broad SMARTS) is 1. The number of carbonyl (C=O) groups excluding carboxylic acids is 2. The summed E-state index contributed by atoms with van der Waals surface area (Å²) in [6.45, 7) is 1.95. The van der Waals surface area contributed by atoms with E-state index >= 15 is 0 Å². The largest absolute Gasteiger partial charge is 0.484 e. The molecule has 1 aromatic rings. The van der Waals surface area contributed by atoms with Crippen LogP contribution in [-0.4, -0.2) is 58.5 Å². The van der Waals surface area contributed by atoms with E-state index in [2.05, 4.69) is 5.32 Å². The minimum atomic E-state index is -1.25. The molecule has 10 nitrogen and oxygen atoms in total. The fraction of sp³-hybridized carbons (Fsp3) is 0.400. The topological polar surface area (TPSA) is 139 Å². The zero-order valence-corrected chi connectivity index (χ0v) is 14.1. The first kappa shape index (κ1) is 20.8. The molecule has 1 aromatic carbocycles. The number of rotatable bonds is 9. The summed E-state index contributed by atoms with van der Waals surface area (Å²) in [5.74, 6) is -3.53. The summed E-state index contributed by atoms with van der Waals surface area (Å²) in [6.07, 6.45) is 0. The summed E-state index contributed by atoms with van der Waals surface area (Å²) in [5.41, 5.74) is -0.736. The van der Waals surface area contributed by atoms with Gasteiger partial charge in [-0.1, -0.05) is 0 Å². The van der Waals surface area contributed by atoms with E-state index in [1.165, 1.54) is 13.8 Å². The van der Waals surface area contributed by atoms with Crippen LogP contribution in [0.5, 0.6) is 5.75 Å². The number of halogens is 1.